The molecule has 0 unspecified atom stereocenters. The molecule has 1 aliphatic heterocycles. The molecule has 0 saturated heterocycles. The molecule has 0 spiro atoms. The van der Waals surface area contributed by atoms with Crippen LogP contribution in [0.1, 0.15) is 70.9 Å². The highest BCUT2D eigenvalue weighted by molar-refractivity contribution is 5.59. The van der Waals surface area contributed by atoms with Gasteiger partial charge in [0.1, 0.15) is 17.6 Å². The van der Waals surface area contributed by atoms with E-state index in [-0.39, 0.29) is 11.5 Å². The average Bonchev–Trinajstić information content (AvgIpc) is 2.82. The third-order valence-corrected chi connectivity index (χ3v) is 5.69. The van der Waals surface area contributed by atoms with Crippen molar-refractivity contribution in [2.45, 2.75) is 77.7 Å². The van der Waals surface area contributed by atoms with Crippen molar-refractivity contribution in [2.24, 2.45) is 5.92 Å². The van der Waals surface area contributed by atoms with Crippen molar-refractivity contribution in [3.8, 4) is 11.5 Å². The maximum atomic E-state index is 10.8. The van der Waals surface area contributed by atoms with Crippen LogP contribution in [-0.4, -0.2) is 11.2 Å². The van der Waals surface area contributed by atoms with Crippen LogP contribution < -0.4 is 4.74 Å². The monoisotopic (exact) mass is 314 g/mol. The molecule has 2 heteroatoms. The van der Waals surface area contributed by atoms with Gasteiger partial charge >= 0.3 is 0 Å². The molecule has 3 rings (SSSR count). The molecule has 0 amide bonds. The fraction of sp³-hybridized carbons (Fsp3) is 0.619. The van der Waals surface area contributed by atoms with E-state index in [9.17, 15) is 5.11 Å². The second kappa shape index (κ2) is 6.22. The smallest absolute Gasteiger partial charge is 0.127 e. The van der Waals surface area contributed by atoms with E-state index in [1.165, 1.54) is 30.4 Å². The summed E-state index contributed by atoms with van der Waals surface area (Å²) in [5.41, 5.74) is 3.48. The van der Waals surface area contributed by atoms with Crippen molar-refractivity contribution in [1.29, 1.82) is 0 Å². The van der Waals surface area contributed by atoms with E-state index in [0.29, 0.717) is 11.7 Å². The summed E-state index contributed by atoms with van der Waals surface area (Å²) in [6.07, 6.45) is 9.32. The second-order valence-electron chi connectivity index (χ2n) is 7.67. The van der Waals surface area contributed by atoms with Crippen LogP contribution in [-0.2, 0) is 11.8 Å². The number of phenolic OH excluding ortho intramolecular Hbond substituents is 1. The molecular weight excluding hydrogens is 284 g/mol. The Morgan fingerprint density at radius 3 is 2.78 bits per heavy atom. The Bertz CT molecular complexity index is 615. The van der Waals surface area contributed by atoms with Crippen molar-refractivity contribution >= 4 is 0 Å². The number of rotatable bonds is 5. The first-order chi connectivity index (χ1) is 11.0. The Hall–Kier alpha value is -1.44. The first-order valence-corrected chi connectivity index (χ1v) is 9.20. The van der Waals surface area contributed by atoms with Gasteiger partial charge < -0.3 is 9.84 Å². The molecule has 126 valence electrons. The van der Waals surface area contributed by atoms with Crippen LogP contribution in [0.15, 0.2) is 23.8 Å². The minimum atomic E-state index is -0.163. The lowest BCUT2D eigenvalue weighted by atomic mass is 9.64. The van der Waals surface area contributed by atoms with Gasteiger partial charge in [-0.15, -0.1) is 0 Å². The maximum absolute atomic E-state index is 10.8. The maximum Gasteiger partial charge on any atom is 0.127 e. The average molecular weight is 314 g/mol. The van der Waals surface area contributed by atoms with Crippen LogP contribution in [0.4, 0.5) is 0 Å². The molecular formula is C21H30O2. The van der Waals surface area contributed by atoms with E-state index >= 15 is 0 Å². The zero-order chi connectivity index (χ0) is 16.6. The van der Waals surface area contributed by atoms with E-state index < -0.39 is 0 Å². The van der Waals surface area contributed by atoms with Crippen LogP contribution in [0.5, 0.6) is 11.5 Å². The molecule has 1 aliphatic carbocycles. The van der Waals surface area contributed by atoms with Gasteiger partial charge in [-0.3, -0.25) is 0 Å². The van der Waals surface area contributed by atoms with Gasteiger partial charge in [0.05, 0.1) is 5.41 Å². The van der Waals surface area contributed by atoms with E-state index in [1.807, 2.05) is 6.07 Å². The number of aryl methyl sites for hydroxylation is 1. The highest BCUT2D eigenvalue weighted by Gasteiger charge is 2.52. The lowest BCUT2D eigenvalue weighted by molar-refractivity contribution is 0.124. The minimum Gasteiger partial charge on any atom is -0.507 e. The molecule has 1 aromatic carbocycles. The molecule has 23 heavy (non-hydrogen) atoms. The van der Waals surface area contributed by atoms with E-state index in [1.54, 1.807) is 0 Å². The number of fused-ring (bicyclic) bond motifs is 3. The number of ether oxygens (including phenoxy) is 1. The van der Waals surface area contributed by atoms with Gasteiger partial charge in [0.25, 0.3) is 0 Å². The zero-order valence-electron chi connectivity index (χ0n) is 15.0. The molecule has 2 nitrogen and oxygen atoms in total. The summed E-state index contributed by atoms with van der Waals surface area (Å²) >= 11 is 0. The van der Waals surface area contributed by atoms with E-state index in [2.05, 4.69) is 39.8 Å². The number of hydrogen-bond acceptors (Lipinski definition) is 2. The summed E-state index contributed by atoms with van der Waals surface area (Å²) in [5.74, 6) is 1.75. The quantitative estimate of drug-likeness (QED) is 0.573. The van der Waals surface area contributed by atoms with Gasteiger partial charge in [0.15, 0.2) is 0 Å². The van der Waals surface area contributed by atoms with E-state index in [4.69, 9.17) is 4.74 Å². The van der Waals surface area contributed by atoms with Gasteiger partial charge in [-0.2, -0.15) is 0 Å². The summed E-state index contributed by atoms with van der Waals surface area (Å²) in [7, 11) is 0. The lowest BCUT2D eigenvalue weighted by Gasteiger charge is -2.39. The highest BCUT2D eigenvalue weighted by Crippen LogP contribution is 2.56. The van der Waals surface area contributed by atoms with Gasteiger partial charge in [-0.05, 0) is 56.2 Å². The summed E-state index contributed by atoms with van der Waals surface area (Å²) in [5, 5.41) is 10.8. The summed E-state index contributed by atoms with van der Waals surface area (Å²) < 4.78 is 6.35. The Kier molecular flexibility index (Phi) is 4.44. The molecule has 0 radical (unpaired) electrons. The van der Waals surface area contributed by atoms with Crippen molar-refractivity contribution < 1.29 is 9.84 Å². The molecule has 2 aliphatic rings. The minimum absolute atomic E-state index is 0.163. The standard InChI is InChI=1S/C21H30O2/c1-5-6-7-8-16-11-17(22)20-18(12-16)23-19-10-9-15(4)13-21(19,20)14(2)3/h11-14,19,22H,5-10H2,1-4H3/t19-,21-/m1/s1. The molecule has 0 bridgehead atoms. The second-order valence-corrected chi connectivity index (χ2v) is 7.67. The van der Waals surface area contributed by atoms with Crippen LogP contribution in [0.25, 0.3) is 0 Å². The Balaban J connectivity index is 2.03. The molecule has 2 atom stereocenters. The highest BCUT2D eigenvalue weighted by atomic mass is 16.5. The molecule has 1 aromatic rings. The van der Waals surface area contributed by atoms with Crippen molar-refractivity contribution in [3.05, 3.63) is 34.9 Å². The van der Waals surface area contributed by atoms with Crippen LogP contribution >= 0.6 is 0 Å². The number of allylic oxidation sites excluding steroid dienone is 1. The normalized spacial score (nSPS) is 25.8. The molecule has 0 fully saturated rings. The SMILES string of the molecule is CCCCCc1cc(O)c2c(c1)O[C@@H]1CCC(C)=C[C@]21C(C)C. The summed E-state index contributed by atoms with van der Waals surface area (Å²) in [6, 6.07) is 4.15. The van der Waals surface area contributed by atoms with Gasteiger partial charge in [-0.1, -0.05) is 45.3 Å². The van der Waals surface area contributed by atoms with Crippen molar-refractivity contribution in [1.82, 2.24) is 0 Å². The first-order valence-electron chi connectivity index (χ1n) is 9.20. The zero-order valence-corrected chi connectivity index (χ0v) is 15.0. The molecule has 1 N–H and O–H groups in total. The van der Waals surface area contributed by atoms with Crippen LogP contribution in [0, 0.1) is 5.92 Å². The van der Waals surface area contributed by atoms with Crippen LogP contribution in [0.3, 0.4) is 0 Å². The number of phenols is 1. The predicted octanol–water partition coefficient (Wildman–Crippen LogP) is 5.52. The third kappa shape index (κ3) is 2.66. The molecule has 1 heterocycles. The van der Waals surface area contributed by atoms with E-state index in [0.717, 1.165) is 30.6 Å². The van der Waals surface area contributed by atoms with Crippen molar-refractivity contribution in [3.63, 3.8) is 0 Å². The number of hydrogen-bond donors (Lipinski definition) is 1. The summed E-state index contributed by atoms with van der Waals surface area (Å²) in [4.78, 5) is 0. The third-order valence-electron chi connectivity index (χ3n) is 5.69. The Labute approximate surface area is 140 Å². The molecule has 0 saturated carbocycles. The van der Waals surface area contributed by atoms with Gasteiger partial charge in [0, 0.05) is 5.56 Å². The lowest BCUT2D eigenvalue weighted by Crippen LogP contribution is -2.43. The fourth-order valence-corrected chi connectivity index (χ4v) is 4.45. The largest absolute Gasteiger partial charge is 0.507 e. The van der Waals surface area contributed by atoms with Crippen molar-refractivity contribution in [2.75, 3.05) is 0 Å². The Morgan fingerprint density at radius 2 is 2.09 bits per heavy atom. The first kappa shape index (κ1) is 16.4. The number of unbranched alkanes of at least 4 members (excludes halogenated alkanes) is 2. The Morgan fingerprint density at radius 1 is 1.30 bits per heavy atom. The number of aromatic hydroxyl groups is 1. The van der Waals surface area contributed by atoms with Crippen LogP contribution in [0.2, 0.25) is 0 Å². The molecule has 0 aromatic heterocycles. The predicted molar refractivity (Wildman–Crippen MR) is 95.3 cm³/mol. The van der Waals surface area contributed by atoms with Gasteiger partial charge in [0.2, 0.25) is 0 Å². The fourth-order valence-electron chi connectivity index (χ4n) is 4.45. The number of benzene rings is 1. The topological polar surface area (TPSA) is 29.5 Å². The summed E-state index contributed by atoms with van der Waals surface area (Å²) in [6.45, 7) is 8.91. The van der Waals surface area contributed by atoms with Gasteiger partial charge in [-0.25, -0.2) is 0 Å².